The second-order valence-electron chi connectivity index (χ2n) is 5.74. The standard InChI is InChI=1S/C21H17NO6/c1-27-14-10-11-16(18(12-14)28-13-6-3-2-4-7-13)22-17-9-5-8-15(20(23)24)19(17)21(25)26/h2-12,22H,1H3,(H,23,24)(H,25,26). The van der Waals surface area contributed by atoms with Gasteiger partial charge in [-0.3, -0.25) is 0 Å². The number of methoxy groups -OCH3 is 1. The van der Waals surface area contributed by atoms with E-state index in [1.165, 1.54) is 25.3 Å². The van der Waals surface area contributed by atoms with Crippen LogP contribution in [0.5, 0.6) is 17.2 Å². The predicted molar refractivity (Wildman–Crippen MR) is 103 cm³/mol. The Morgan fingerprint density at radius 1 is 0.821 bits per heavy atom. The molecule has 0 atom stereocenters. The van der Waals surface area contributed by atoms with Gasteiger partial charge in [-0.2, -0.15) is 0 Å². The molecule has 0 saturated carbocycles. The minimum atomic E-state index is -1.35. The fourth-order valence-corrected chi connectivity index (χ4v) is 2.64. The average Bonchev–Trinajstić information content (AvgIpc) is 2.69. The SMILES string of the molecule is COc1ccc(Nc2cccc(C(=O)O)c2C(=O)O)c(Oc2ccccc2)c1. The van der Waals surface area contributed by atoms with Crippen LogP contribution in [-0.2, 0) is 0 Å². The van der Waals surface area contributed by atoms with Crippen LogP contribution >= 0.6 is 0 Å². The number of para-hydroxylation sites is 1. The summed E-state index contributed by atoms with van der Waals surface area (Å²) in [6, 6.07) is 18.2. The number of benzene rings is 3. The summed E-state index contributed by atoms with van der Waals surface area (Å²) in [5.41, 5.74) is -0.0572. The Bertz CT molecular complexity index is 1020. The number of hydrogen-bond acceptors (Lipinski definition) is 5. The summed E-state index contributed by atoms with van der Waals surface area (Å²) < 4.78 is 11.1. The minimum Gasteiger partial charge on any atom is -0.497 e. The molecule has 0 amide bonds. The molecule has 7 nitrogen and oxygen atoms in total. The highest BCUT2D eigenvalue weighted by Crippen LogP contribution is 2.36. The van der Waals surface area contributed by atoms with Gasteiger partial charge in [-0.1, -0.05) is 24.3 Å². The van der Waals surface area contributed by atoms with E-state index in [0.717, 1.165) is 0 Å². The molecule has 0 aliphatic heterocycles. The van der Waals surface area contributed by atoms with Crippen LogP contribution in [0.4, 0.5) is 11.4 Å². The zero-order chi connectivity index (χ0) is 20.1. The molecule has 0 spiro atoms. The Hall–Kier alpha value is -4.00. The Morgan fingerprint density at radius 2 is 1.57 bits per heavy atom. The van der Waals surface area contributed by atoms with Crippen molar-refractivity contribution in [3.63, 3.8) is 0 Å². The zero-order valence-corrected chi connectivity index (χ0v) is 14.9. The van der Waals surface area contributed by atoms with E-state index in [-0.39, 0.29) is 16.8 Å². The number of nitrogens with one attached hydrogen (secondary N) is 1. The second kappa shape index (κ2) is 8.13. The van der Waals surface area contributed by atoms with Gasteiger partial charge in [0.1, 0.15) is 11.5 Å². The van der Waals surface area contributed by atoms with Crippen molar-refractivity contribution in [2.75, 3.05) is 12.4 Å². The third kappa shape index (κ3) is 4.04. The first kappa shape index (κ1) is 18.8. The molecule has 3 aromatic rings. The van der Waals surface area contributed by atoms with Gasteiger partial charge in [0.15, 0.2) is 5.75 Å². The van der Waals surface area contributed by atoms with Crippen LogP contribution in [0.15, 0.2) is 66.7 Å². The molecule has 3 aromatic carbocycles. The molecule has 0 radical (unpaired) electrons. The highest BCUT2D eigenvalue weighted by molar-refractivity contribution is 6.06. The predicted octanol–water partition coefficient (Wildman–Crippen LogP) is 4.63. The molecule has 28 heavy (non-hydrogen) atoms. The Morgan fingerprint density at radius 3 is 2.21 bits per heavy atom. The van der Waals surface area contributed by atoms with Gasteiger partial charge in [0.05, 0.1) is 29.6 Å². The van der Waals surface area contributed by atoms with Gasteiger partial charge in [0, 0.05) is 6.07 Å². The number of carboxylic acids is 2. The topological polar surface area (TPSA) is 105 Å². The van der Waals surface area contributed by atoms with Crippen LogP contribution in [0.25, 0.3) is 0 Å². The summed E-state index contributed by atoms with van der Waals surface area (Å²) in [6.45, 7) is 0. The van der Waals surface area contributed by atoms with E-state index in [1.807, 2.05) is 18.2 Å². The highest BCUT2D eigenvalue weighted by atomic mass is 16.5. The van der Waals surface area contributed by atoms with Crippen molar-refractivity contribution in [2.45, 2.75) is 0 Å². The van der Waals surface area contributed by atoms with Crippen molar-refractivity contribution in [2.24, 2.45) is 0 Å². The van der Waals surface area contributed by atoms with Crippen LogP contribution in [0.2, 0.25) is 0 Å². The van der Waals surface area contributed by atoms with E-state index in [9.17, 15) is 19.8 Å². The number of carbonyl (C=O) groups is 2. The molecule has 0 aliphatic carbocycles. The summed E-state index contributed by atoms with van der Waals surface area (Å²) in [6.07, 6.45) is 0. The van der Waals surface area contributed by atoms with Crippen LogP contribution in [-0.4, -0.2) is 29.3 Å². The Labute approximate surface area is 160 Å². The van der Waals surface area contributed by atoms with Gasteiger partial charge in [0.25, 0.3) is 0 Å². The summed E-state index contributed by atoms with van der Waals surface area (Å²) in [5, 5.41) is 21.8. The molecule has 3 N–H and O–H groups in total. The molecule has 0 unspecified atom stereocenters. The van der Waals surface area contributed by atoms with Gasteiger partial charge in [-0.15, -0.1) is 0 Å². The first-order valence-corrected chi connectivity index (χ1v) is 8.27. The summed E-state index contributed by atoms with van der Waals surface area (Å²) in [7, 11) is 1.52. The Balaban J connectivity index is 2.04. The highest BCUT2D eigenvalue weighted by Gasteiger charge is 2.21. The summed E-state index contributed by atoms with van der Waals surface area (Å²) in [5.74, 6) is -1.15. The molecule has 0 bridgehead atoms. The van der Waals surface area contributed by atoms with Crippen LogP contribution < -0.4 is 14.8 Å². The van der Waals surface area contributed by atoms with Crippen molar-refractivity contribution in [1.82, 2.24) is 0 Å². The minimum absolute atomic E-state index is 0.135. The fourth-order valence-electron chi connectivity index (χ4n) is 2.64. The maximum Gasteiger partial charge on any atom is 0.338 e. The van der Waals surface area contributed by atoms with Crippen LogP contribution in [0, 0.1) is 0 Å². The van der Waals surface area contributed by atoms with Gasteiger partial charge >= 0.3 is 11.9 Å². The van der Waals surface area contributed by atoms with Gasteiger partial charge < -0.3 is 25.0 Å². The molecule has 0 saturated heterocycles. The lowest BCUT2D eigenvalue weighted by molar-refractivity contribution is 0.0652. The molecule has 0 aliphatic rings. The molecule has 0 fully saturated rings. The number of carboxylic acid groups (broad SMARTS) is 2. The number of ether oxygens (including phenoxy) is 2. The first-order valence-electron chi connectivity index (χ1n) is 8.27. The van der Waals surface area contributed by atoms with Crippen molar-refractivity contribution in [3.8, 4) is 17.2 Å². The summed E-state index contributed by atoms with van der Waals surface area (Å²) in [4.78, 5) is 23.0. The molecular formula is C21H17NO6. The molecular weight excluding hydrogens is 362 g/mol. The fraction of sp³-hybridized carbons (Fsp3) is 0.0476. The van der Waals surface area contributed by atoms with E-state index >= 15 is 0 Å². The zero-order valence-electron chi connectivity index (χ0n) is 14.9. The summed E-state index contributed by atoms with van der Waals surface area (Å²) >= 11 is 0. The molecule has 0 aromatic heterocycles. The van der Waals surface area contributed by atoms with Crippen molar-refractivity contribution < 1.29 is 29.3 Å². The number of hydrogen-bond donors (Lipinski definition) is 3. The van der Waals surface area contributed by atoms with Crippen LogP contribution in [0.3, 0.4) is 0 Å². The molecule has 3 rings (SSSR count). The van der Waals surface area contributed by atoms with Gasteiger partial charge in [-0.05, 0) is 36.4 Å². The lowest BCUT2D eigenvalue weighted by Gasteiger charge is -2.16. The number of aromatic carboxylic acids is 2. The van der Waals surface area contributed by atoms with E-state index in [1.54, 1.807) is 30.3 Å². The molecule has 7 heteroatoms. The van der Waals surface area contributed by atoms with Gasteiger partial charge in [0.2, 0.25) is 0 Å². The third-order valence-electron chi connectivity index (χ3n) is 3.94. The maximum atomic E-state index is 11.7. The van der Waals surface area contributed by atoms with Crippen molar-refractivity contribution >= 4 is 23.3 Å². The largest absolute Gasteiger partial charge is 0.497 e. The lowest BCUT2D eigenvalue weighted by atomic mass is 10.0. The van der Waals surface area contributed by atoms with Gasteiger partial charge in [-0.25, -0.2) is 9.59 Å². The number of rotatable bonds is 7. The van der Waals surface area contributed by atoms with E-state index in [0.29, 0.717) is 22.9 Å². The first-order chi connectivity index (χ1) is 13.5. The molecule has 0 heterocycles. The third-order valence-corrected chi connectivity index (χ3v) is 3.94. The average molecular weight is 379 g/mol. The maximum absolute atomic E-state index is 11.7. The quantitative estimate of drug-likeness (QED) is 0.550. The smallest absolute Gasteiger partial charge is 0.338 e. The van der Waals surface area contributed by atoms with Crippen molar-refractivity contribution in [3.05, 3.63) is 77.9 Å². The van der Waals surface area contributed by atoms with E-state index in [2.05, 4.69) is 5.32 Å². The second-order valence-corrected chi connectivity index (χ2v) is 5.74. The van der Waals surface area contributed by atoms with E-state index < -0.39 is 11.9 Å². The van der Waals surface area contributed by atoms with Crippen LogP contribution in [0.1, 0.15) is 20.7 Å². The normalized spacial score (nSPS) is 10.2. The lowest BCUT2D eigenvalue weighted by Crippen LogP contribution is -2.11. The van der Waals surface area contributed by atoms with E-state index in [4.69, 9.17) is 9.47 Å². The van der Waals surface area contributed by atoms with Crippen molar-refractivity contribution in [1.29, 1.82) is 0 Å². The Kier molecular flexibility index (Phi) is 5.45. The molecule has 142 valence electrons. The number of anilines is 2. The monoisotopic (exact) mass is 379 g/mol.